The van der Waals surface area contributed by atoms with Gasteiger partial charge in [-0.3, -0.25) is 4.79 Å². The summed E-state index contributed by atoms with van der Waals surface area (Å²) in [6.07, 6.45) is 1.88. The van der Waals surface area contributed by atoms with Gasteiger partial charge < -0.3 is 10.4 Å². The monoisotopic (exact) mass is 563 g/mol. The number of carboxylic acids is 1. The summed E-state index contributed by atoms with van der Waals surface area (Å²) in [4.78, 5) is 24.7. The van der Waals surface area contributed by atoms with E-state index in [1.807, 2.05) is 60.7 Å². The van der Waals surface area contributed by atoms with E-state index in [0.717, 1.165) is 35.1 Å². The lowest BCUT2D eigenvalue weighted by molar-refractivity contribution is 0.0697. The van der Waals surface area contributed by atoms with Crippen molar-refractivity contribution >= 4 is 29.1 Å². The number of halogens is 1. The molecule has 41 heavy (non-hydrogen) atoms. The number of carbonyl (C=O) groups excluding carboxylic acids is 1. The van der Waals surface area contributed by atoms with Crippen molar-refractivity contribution in [1.82, 2.24) is 5.32 Å². The fourth-order valence-electron chi connectivity index (χ4n) is 5.84. The highest BCUT2D eigenvalue weighted by molar-refractivity contribution is 6.31. The lowest BCUT2D eigenvalue weighted by Gasteiger charge is -2.24. The Bertz CT molecular complexity index is 1640. The molecule has 2 atom stereocenters. The van der Waals surface area contributed by atoms with E-state index in [1.165, 1.54) is 22.3 Å². The van der Waals surface area contributed by atoms with Gasteiger partial charge in [0.05, 0.1) is 5.56 Å². The van der Waals surface area contributed by atoms with Crippen molar-refractivity contribution in [2.75, 3.05) is 0 Å². The van der Waals surface area contributed by atoms with Crippen LogP contribution in [-0.2, 0) is 13.0 Å². The minimum Gasteiger partial charge on any atom is -0.478 e. The molecule has 0 fully saturated rings. The zero-order valence-electron chi connectivity index (χ0n) is 23.6. The summed E-state index contributed by atoms with van der Waals surface area (Å²) < 4.78 is 0. The van der Waals surface area contributed by atoms with Crippen LogP contribution in [0.5, 0.6) is 0 Å². The van der Waals surface area contributed by atoms with Crippen molar-refractivity contribution in [2.45, 2.75) is 46.1 Å². The van der Waals surface area contributed by atoms with Crippen LogP contribution in [0.1, 0.15) is 76.1 Å². The molecule has 5 rings (SSSR count). The molecule has 0 heterocycles. The molecule has 0 saturated carbocycles. The zero-order chi connectivity index (χ0) is 29.1. The molecule has 4 aromatic rings. The number of hydrogen-bond acceptors (Lipinski definition) is 2. The second-order valence-electron chi connectivity index (χ2n) is 11.0. The van der Waals surface area contributed by atoms with Gasteiger partial charge in [-0.25, -0.2) is 4.79 Å². The fraction of sp³-hybridized carbons (Fsp3) is 0.222. The minimum atomic E-state index is -0.922. The number of aromatic carboxylic acids is 1. The Kier molecular flexibility index (Phi) is 8.41. The Balaban J connectivity index is 1.35. The second-order valence-corrected chi connectivity index (χ2v) is 11.4. The Morgan fingerprint density at radius 3 is 2.34 bits per heavy atom. The molecule has 4 nitrogen and oxygen atoms in total. The van der Waals surface area contributed by atoms with Gasteiger partial charge in [0.1, 0.15) is 0 Å². The summed E-state index contributed by atoms with van der Waals surface area (Å²) >= 11 is 6.26. The number of hydrogen-bond donors (Lipinski definition) is 2. The van der Waals surface area contributed by atoms with E-state index >= 15 is 0 Å². The minimum absolute atomic E-state index is 0.115. The van der Waals surface area contributed by atoms with Crippen LogP contribution in [-0.4, -0.2) is 17.0 Å². The van der Waals surface area contributed by atoms with Gasteiger partial charge in [-0.05, 0) is 102 Å². The summed E-state index contributed by atoms with van der Waals surface area (Å²) in [5.41, 5.74) is 9.66. The van der Waals surface area contributed by atoms with E-state index in [9.17, 15) is 14.7 Å². The van der Waals surface area contributed by atoms with Crippen molar-refractivity contribution in [3.63, 3.8) is 0 Å². The van der Waals surface area contributed by atoms with Crippen molar-refractivity contribution in [1.29, 1.82) is 0 Å². The van der Waals surface area contributed by atoms with Gasteiger partial charge in [0.15, 0.2) is 0 Å². The lowest BCUT2D eigenvalue weighted by atomic mass is 9.80. The molecule has 2 unspecified atom stereocenters. The number of amides is 1. The summed E-state index contributed by atoms with van der Waals surface area (Å²) in [6.45, 7) is 7.01. The van der Waals surface area contributed by atoms with Crippen molar-refractivity contribution in [3.05, 3.63) is 135 Å². The zero-order valence-corrected chi connectivity index (χ0v) is 24.3. The first kappa shape index (κ1) is 28.4. The molecule has 0 aliphatic heterocycles. The van der Waals surface area contributed by atoms with Gasteiger partial charge in [0, 0.05) is 17.1 Å². The van der Waals surface area contributed by atoms with Crippen LogP contribution >= 0.6 is 11.6 Å². The summed E-state index contributed by atoms with van der Waals surface area (Å²) in [5, 5.41) is 13.2. The molecule has 0 saturated heterocycles. The first-order valence-electron chi connectivity index (χ1n) is 14.0. The molecule has 1 amide bonds. The largest absolute Gasteiger partial charge is 0.478 e. The Morgan fingerprint density at radius 2 is 1.61 bits per heavy atom. The van der Waals surface area contributed by atoms with Crippen LogP contribution in [0, 0.1) is 5.92 Å². The number of fused-ring (bicyclic) bond motifs is 1. The average Bonchev–Trinajstić information content (AvgIpc) is 3.07. The standard InChI is InChI=1S/C36H34ClNO3/c1-22-18-29(19-25-12-14-26(15-13-25)31-9-5-6-10-32(31)36(40)41)24(3)30-17-16-27(20-33(30)23(22)2)35(39)38-21-28-8-4-7-11-34(28)37/h4-17,20,24,29H,18-19,21H2,1-3H3,(H,38,39)(H,40,41). The molecule has 1 aliphatic carbocycles. The number of benzene rings is 4. The molecule has 1 aliphatic rings. The first-order valence-corrected chi connectivity index (χ1v) is 14.3. The maximum Gasteiger partial charge on any atom is 0.336 e. The summed E-state index contributed by atoms with van der Waals surface area (Å²) in [6, 6.07) is 29.0. The normalized spacial score (nSPS) is 16.6. The quantitative estimate of drug-likeness (QED) is 0.236. The van der Waals surface area contributed by atoms with E-state index in [0.29, 0.717) is 34.5 Å². The molecule has 0 bridgehead atoms. The predicted molar refractivity (Wildman–Crippen MR) is 166 cm³/mol. The molecular formula is C36H34ClNO3. The lowest BCUT2D eigenvalue weighted by Crippen LogP contribution is -2.23. The third kappa shape index (κ3) is 6.13. The molecule has 5 heteroatoms. The SMILES string of the molecule is CC1=C(C)c2cc(C(=O)NCc3ccccc3Cl)ccc2C(C)C(Cc2ccc(-c3ccccc3C(=O)O)cc2)C1. The van der Waals surface area contributed by atoms with Crippen LogP contribution in [0.4, 0.5) is 0 Å². The summed E-state index contributed by atoms with van der Waals surface area (Å²) in [7, 11) is 0. The van der Waals surface area contributed by atoms with E-state index in [4.69, 9.17) is 11.6 Å². The maximum atomic E-state index is 13.1. The van der Waals surface area contributed by atoms with Gasteiger partial charge in [0.25, 0.3) is 5.91 Å². The van der Waals surface area contributed by atoms with Crippen LogP contribution in [0.3, 0.4) is 0 Å². The Hall–Kier alpha value is -4.15. The molecule has 208 valence electrons. The number of carboxylic acid groups (broad SMARTS) is 1. The van der Waals surface area contributed by atoms with Crippen LogP contribution in [0.25, 0.3) is 16.7 Å². The highest BCUT2D eigenvalue weighted by Gasteiger charge is 2.27. The summed E-state index contributed by atoms with van der Waals surface area (Å²) in [5.74, 6) is -0.348. The van der Waals surface area contributed by atoms with Gasteiger partial charge in [-0.2, -0.15) is 0 Å². The van der Waals surface area contributed by atoms with E-state index in [1.54, 1.807) is 12.1 Å². The third-order valence-electron chi connectivity index (χ3n) is 8.44. The molecular weight excluding hydrogens is 530 g/mol. The fourth-order valence-corrected chi connectivity index (χ4v) is 6.04. The smallest absolute Gasteiger partial charge is 0.336 e. The average molecular weight is 564 g/mol. The Morgan fingerprint density at radius 1 is 0.902 bits per heavy atom. The number of allylic oxidation sites excluding steroid dienone is 2. The molecule has 0 spiro atoms. The maximum absolute atomic E-state index is 13.1. The molecule has 2 N–H and O–H groups in total. The highest BCUT2D eigenvalue weighted by atomic mass is 35.5. The number of nitrogens with one attached hydrogen (secondary N) is 1. The van der Waals surface area contributed by atoms with E-state index < -0.39 is 5.97 Å². The van der Waals surface area contributed by atoms with Gasteiger partial charge in [-0.15, -0.1) is 0 Å². The first-order chi connectivity index (χ1) is 19.7. The topological polar surface area (TPSA) is 66.4 Å². The van der Waals surface area contributed by atoms with Gasteiger partial charge in [0.2, 0.25) is 0 Å². The molecule has 0 aromatic heterocycles. The van der Waals surface area contributed by atoms with Crippen molar-refractivity contribution in [2.24, 2.45) is 5.92 Å². The van der Waals surface area contributed by atoms with Crippen LogP contribution in [0.2, 0.25) is 5.02 Å². The molecule has 0 radical (unpaired) electrons. The van der Waals surface area contributed by atoms with Gasteiger partial charge in [-0.1, -0.05) is 90.8 Å². The molecule has 4 aromatic carbocycles. The van der Waals surface area contributed by atoms with Gasteiger partial charge >= 0.3 is 5.97 Å². The Labute approximate surface area is 246 Å². The predicted octanol–water partition coefficient (Wildman–Crippen LogP) is 8.79. The van der Waals surface area contributed by atoms with Crippen LogP contribution < -0.4 is 5.32 Å². The van der Waals surface area contributed by atoms with Crippen molar-refractivity contribution in [3.8, 4) is 11.1 Å². The third-order valence-corrected chi connectivity index (χ3v) is 8.81. The highest BCUT2D eigenvalue weighted by Crippen LogP contribution is 2.41. The second kappa shape index (κ2) is 12.2. The van der Waals surface area contributed by atoms with E-state index in [-0.39, 0.29) is 5.91 Å². The van der Waals surface area contributed by atoms with Crippen molar-refractivity contribution < 1.29 is 14.7 Å². The van der Waals surface area contributed by atoms with Crippen LogP contribution in [0.15, 0.2) is 96.6 Å². The van der Waals surface area contributed by atoms with E-state index in [2.05, 4.69) is 44.3 Å². The number of rotatable bonds is 7. The number of carbonyl (C=O) groups is 2.